The molecule has 4 nitrogen and oxygen atoms in total. The maximum Gasteiger partial charge on any atom is 0.219 e. The highest BCUT2D eigenvalue weighted by Gasteiger charge is 2.24. The highest BCUT2D eigenvalue weighted by molar-refractivity contribution is 5.73. The standard InChI is InChI=1S/C13H16N2.C11H23NO.C9H18.C5H12/c1-3-13-8-14-10-15(13)9-12-6-4-11(2)5-7-12;1-5-8-12(11(4)13)9-7-10(3)6-2;1-8-5-4-6-9(2,3)7-8;1-3-5-4-2/h4-8,10H,3,9H2,1-2H3;10H,5-9H2,1-4H3;8H,4-7H2,1-3H3;3-5H2,1-2H3. The van der Waals surface area contributed by atoms with E-state index in [4.69, 9.17) is 0 Å². The van der Waals surface area contributed by atoms with E-state index in [0.29, 0.717) is 5.41 Å². The number of carbonyl (C=O) groups is 1. The van der Waals surface area contributed by atoms with Gasteiger partial charge in [-0.15, -0.1) is 0 Å². The molecule has 1 fully saturated rings. The van der Waals surface area contributed by atoms with Crippen LogP contribution in [0.15, 0.2) is 36.8 Å². The fraction of sp³-hybridized carbons (Fsp3) is 0.737. The highest BCUT2D eigenvalue weighted by Crippen LogP contribution is 2.37. The Hall–Kier alpha value is -2.10. The predicted molar refractivity (Wildman–Crippen MR) is 185 cm³/mol. The quantitative estimate of drug-likeness (QED) is 0.264. The maximum atomic E-state index is 11.2. The summed E-state index contributed by atoms with van der Waals surface area (Å²) in [4.78, 5) is 17.3. The smallest absolute Gasteiger partial charge is 0.219 e. The number of benzene rings is 1. The van der Waals surface area contributed by atoms with Crippen LogP contribution in [-0.4, -0.2) is 33.4 Å². The summed E-state index contributed by atoms with van der Waals surface area (Å²) in [6, 6.07) is 8.65. The zero-order valence-electron chi connectivity index (χ0n) is 29.8. The predicted octanol–water partition coefficient (Wildman–Crippen LogP) is 10.9. The van der Waals surface area contributed by atoms with Crippen molar-refractivity contribution in [1.82, 2.24) is 14.5 Å². The zero-order chi connectivity index (χ0) is 32.0. The van der Waals surface area contributed by atoms with Crippen molar-refractivity contribution >= 4 is 5.91 Å². The summed E-state index contributed by atoms with van der Waals surface area (Å²) in [5, 5.41) is 0. The number of rotatable bonds is 11. The molecule has 2 unspecified atom stereocenters. The second-order valence-corrected chi connectivity index (χ2v) is 13.4. The fourth-order valence-electron chi connectivity index (χ4n) is 5.38. The van der Waals surface area contributed by atoms with E-state index in [-0.39, 0.29) is 5.91 Å². The lowest BCUT2D eigenvalue weighted by molar-refractivity contribution is -0.129. The normalized spacial score (nSPS) is 16.0. The van der Waals surface area contributed by atoms with Crippen molar-refractivity contribution < 1.29 is 4.79 Å². The van der Waals surface area contributed by atoms with Gasteiger partial charge in [0, 0.05) is 38.4 Å². The molecule has 1 amide bonds. The van der Waals surface area contributed by atoms with E-state index in [1.165, 1.54) is 68.2 Å². The summed E-state index contributed by atoms with van der Waals surface area (Å²) in [5.41, 5.74) is 4.57. The molecule has 1 aromatic heterocycles. The first-order valence-electron chi connectivity index (χ1n) is 17.2. The number of amides is 1. The van der Waals surface area contributed by atoms with Crippen LogP contribution in [0.2, 0.25) is 0 Å². The number of nitrogens with zero attached hydrogens (tertiary/aromatic N) is 3. The average molecular weight is 584 g/mol. The summed E-state index contributed by atoms with van der Waals surface area (Å²) in [6.07, 6.45) is 18.1. The number of aryl methyl sites for hydroxylation is 2. The van der Waals surface area contributed by atoms with E-state index in [0.717, 1.165) is 50.7 Å². The molecular formula is C38H69N3O. The van der Waals surface area contributed by atoms with E-state index in [9.17, 15) is 4.79 Å². The molecule has 3 rings (SSSR count). The number of hydrogen-bond donors (Lipinski definition) is 0. The molecule has 0 N–H and O–H groups in total. The van der Waals surface area contributed by atoms with Crippen LogP contribution in [0.25, 0.3) is 0 Å². The molecule has 2 aromatic rings. The SMILES string of the molecule is CC1CCCC(C)(C)C1.CCCCC.CCCN(CCC(C)CC)C(C)=O.CCc1cncn1Cc1ccc(C)cc1. The van der Waals surface area contributed by atoms with Crippen LogP contribution < -0.4 is 0 Å². The van der Waals surface area contributed by atoms with Crippen LogP contribution in [0.5, 0.6) is 0 Å². The van der Waals surface area contributed by atoms with Crippen LogP contribution in [0.3, 0.4) is 0 Å². The lowest BCUT2D eigenvalue weighted by Crippen LogP contribution is -2.31. The van der Waals surface area contributed by atoms with Gasteiger partial charge < -0.3 is 9.47 Å². The molecule has 1 heterocycles. The van der Waals surface area contributed by atoms with Crippen molar-refractivity contribution in [3.63, 3.8) is 0 Å². The Morgan fingerprint density at radius 3 is 2.12 bits per heavy atom. The lowest BCUT2D eigenvalue weighted by atomic mass is 9.73. The topological polar surface area (TPSA) is 38.1 Å². The van der Waals surface area contributed by atoms with Gasteiger partial charge >= 0.3 is 0 Å². The van der Waals surface area contributed by atoms with Crippen LogP contribution >= 0.6 is 0 Å². The minimum atomic E-state index is 0.213. The minimum absolute atomic E-state index is 0.213. The van der Waals surface area contributed by atoms with E-state index in [1.54, 1.807) is 6.92 Å². The maximum absolute atomic E-state index is 11.2. The second-order valence-electron chi connectivity index (χ2n) is 13.4. The van der Waals surface area contributed by atoms with Gasteiger partial charge in [0.2, 0.25) is 5.91 Å². The van der Waals surface area contributed by atoms with Gasteiger partial charge in [-0.1, -0.05) is 131 Å². The minimum Gasteiger partial charge on any atom is -0.343 e. The Bertz CT molecular complexity index is 913. The first-order chi connectivity index (χ1) is 19.9. The number of hydrogen-bond acceptors (Lipinski definition) is 2. The molecule has 1 aromatic carbocycles. The van der Waals surface area contributed by atoms with Gasteiger partial charge in [0.1, 0.15) is 0 Å². The molecular weight excluding hydrogens is 514 g/mol. The monoisotopic (exact) mass is 584 g/mol. The molecule has 42 heavy (non-hydrogen) atoms. The molecule has 4 heteroatoms. The van der Waals surface area contributed by atoms with Crippen molar-refractivity contribution in [2.75, 3.05) is 13.1 Å². The van der Waals surface area contributed by atoms with Crippen molar-refractivity contribution in [3.8, 4) is 0 Å². The summed E-state index contributed by atoms with van der Waals surface area (Å²) in [6.45, 7) is 26.8. The van der Waals surface area contributed by atoms with E-state index < -0.39 is 0 Å². The first kappa shape index (κ1) is 39.9. The molecule has 242 valence electrons. The Kier molecular flexibility index (Phi) is 22.2. The Balaban J connectivity index is 0.000000569. The van der Waals surface area contributed by atoms with Gasteiger partial charge in [-0.2, -0.15) is 0 Å². The van der Waals surface area contributed by atoms with Crippen molar-refractivity contribution in [1.29, 1.82) is 0 Å². The number of imidazole rings is 1. The summed E-state index contributed by atoms with van der Waals surface area (Å²) in [7, 11) is 0. The third kappa shape index (κ3) is 19.2. The number of carbonyl (C=O) groups excluding carboxylic acids is 1. The summed E-state index contributed by atoms with van der Waals surface area (Å²) >= 11 is 0. The number of unbranched alkanes of at least 4 members (excludes halogenated alkanes) is 2. The average Bonchev–Trinajstić information content (AvgIpc) is 3.40. The van der Waals surface area contributed by atoms with E-state index in [2.05, 4.69) is 103 Å². The summed E-state index contributed by atoms with van der Waals surface area (Å²) < 4.78 is 2.20. The Labute approximate surface area is 262 Å². The van der Waals surface area contributed by atoms with Gasteiger partial charge in [-0.05, 0) is 61.8 Å². The van der Waals surface area contributed by atoms with Gasteiger partial charge in [-0.3, -0.25) is 4.79 Å². The van der Waals surface area contributed by atoms with Crippen molar-refractivity contribution in [3.05, 3.63) is 53.6 Å². The van der Waals surface area contributed by atoms with Crippen LogP contribution in [0, 0.1) is 24.2 Å². The van der Waals surface area contributed by atoms with Gasteiger partial charge in [0.25, 0.3) is 0 Å². The molecule has 0 aliphatic heterocycles. The molecule has 0 spiro atoms. The molecule has 0 bridgehead atoms. The summed E-state index contributed by atoms with van der Waals surface area (Å²) in [5.74, 6) is 1.93. The largest absolute Gasteiger partial charge is 0.343 e. The van der Waals surface area contributed by atoms with Gasteiger partial charge in [0.15, 0.2) is 0 Å². The second kappa shape index (κ2) is 23.4. The van der Waals surface area contributed by atoms with Crippen LogP contribution in [0.4, 0.5) is 0 Å². The molecule has 1 saturated carbocycles. The molecule has 1 aliphatic carbocycles. The fourth-order valence-corrected chi connectivity index (χ4v) is 5.38. The molecule has 2 atom stereocenters. The molecule has 0 radical (unpaired) electrons. The van der Waals surface area contributed by atoms with Gasteiger partial charge in [0.05, 0.1) is 6.33 Å². The van der Waals surface area contributed by atoms with Crippen molar-refractivity contribution in [2.45, 2.75) is 153 Å². The third-order valence-electron chi connectivity index (χ3n) is 8.32. The van der Waals surface area contributed by atoms with E-state index >= 15 is 0 Å². The van der Waals surface area contributed by atoms with E-state index in [1.807, 2.05) is 17.4 Å². The molecule has 1 aliphatic rings. The van der Waals surface area contributed by atoms with Crippen LogP contribution in [0.1, 0.15) is 150 Å². The first-order valence-corrected chi connectivity index (χ1v) is 17.2. The lowest BCUT2D eigenvalue weighted by Gasteiger charge is -2.33. The number of aromatic nitrogens is 2. The molecule has 0 saturated heterocycles. The zero-order valence-corrected chi connectivity index (χ0v) is 29.8. The van der Waals surface area contributed by atoms with Gasteiger partial charge in [-0.25, -0.2) is 4.98 Å². The Morgan fingerprint density at radius 2 is 1.69 bits per heavy atom. The van der Waals surface area contributed by atoms with Crippen LogP contribution in [-0.2, 0) is 17.8 Å². The third-order valence-corrected chi connectivity index (χ3v) is 8.32. The Morgan fingerprint density at radius 1 is 1.05 bits per heavy atom. The highest BCUT2D eigenvalue weighted by atomic mass is 16.2. The van der Waals surface area contributed by atoms with Crippen molar-refractivity contribution in [2.24, 2.45) is 17.3 Å².